The summed E-state index contributed by atoms with van der Waals surface area (Å²) in [5.74, 6) is 0. The minimum Gasteiger partial charge on any atom is -0.455 e. The lowest BCUT2D eigenvalue weighted by Crippen LogP contribution is -1.95. The van der Waals surface area contributed by atoms with Gasteiger partial charge in [-0.3, -0.25) is 0 Å². The average Bonchev–Trinajstić information content (AvgIpc) is 3.87. The number of benzene rings is 10. The Hall–Kier alpha value is -8.01. The van der Waals surface area contributed by atoms with Crippen LogP contribution in [0.2, 0.25) is 0 Å². The Labute approximate surface area is 345 Å². The van der Waals surface area contributed by atoms with Gasteiger partial charge < -0.3 is 8.98 Å². The van der Waals surface area contributed by atoms with E-state index in [2.05, 4.69) is 211 Å². The molecular formula is C57H34N2O. The fraction of sp³-hybridized carbons (Fsp3) is 0. The van der Waals surface area contributed by atoms with Gasteiger partial charge in [-0.1, -0.05) is 170 Å². The van der Waals surface area contributed by atoms with Gasteiger partial charge in [0.25, 0.3) is 0 Å². The van der Waals surface area contributed by atoms with E-state index >= 15 is 0 Å². The summed E-state index contributed by atoms with van der Waals surface area (Å²) >= 11 is 0. The van der Waals surface area contributed by atoms with Crippen LogP contribution >= 0.6 is 0 Å². The molecule has 0 bridgehead atoms. The number of rotatable bonds is 4. The van der Waals surface area contributed by atoms with Crippen molar-refractivity contribution in [3.63, 3.8) is 0 Å². The molecule has 0 N–H and O–H groups in total. The molecule has 0 aliphatic carbocycles. The third-order valence-corrected chi connectivity index (χ3v) is 12.6. The Kier molecular flexibility index (Phi) is 7.01. The summed E-state index contributed by atoms with van der Waals surface area (Å²) in [6.45, 7) is 0. The van der Waals surface area contributed by atoms with Gasteiger partial charge in [-0.05, 0) is 69.1 Å². The summed E-state index contributed by atoms with van der Waals surface area (Å²) in [6.07, 6.45) is 0. The van der Waals surface area contributed by atoms with Crippen LogP contribution in [0.4, 0.5) is 0 Å². The molecule has 13 rings (SSSR count). The van der Waals surface area contributed by atoms with Gasteiger partial charge in [0.15, 0.2) is 0 Å². The molecule has 0 saturated heterocycles. The molecule has 3 heterocycles. The van der Waals surface area contributed by atoms with Crippen LogP contribution in [0.1, 0.15) is 0 Å². The van der Waals surface area contributed by atoms with Crippen LogP contribution in [0.3, 0.4) is 0 Å². The van der Waals surface area contributed by atoms with Crippen LogP contribution < -0.4 is 0 Å². The highest BCUT2D eigenvalue weighted by atomic mass is 16.3. The summed E-state index contributed by atoms with van der Waals surface area (Å²) in [5, 5.41) is 12.7. The van der Waals surface area contributed by atoms with Gasteiger partial charge in [-0.15, -0.1) is 0 Å². The zero-order chi connectivity index (χ0) is 39.3. The van der Waals surface area contributed by atoms with Crippen LogP contribution in [0.5, 0.6) is 0 Å². The van der Waals surface area contributed by atoms with Crippen molar-refractivity contribution in [1.29, 1.82) is 0 Å². The second-order valence-electron chi connectivity index (χ2n) is 15.8. The number of pyridine rings is 1. The monoisotopic (exact) mass is 762 g/mol. The first-order valence-electron chi connectivity index (χ1n) is 20.5. The van der Waals surface area contributed by atoms with Crippen LogP contribution in [-0.2, 0) is 0 Å². The second kappa shape index (κ2) is 12.7. The molecule has 13 aromatic rings. The van der Waals surface area contributed by atoms with Crippen molar-refractivity contribution < 1.29 is 4.42 Å². The predicted molar refractivity (Wildman–Crippen MR) is 252 cm³/mol. The van der Waals surface area contributed by atoms with E-state index in [1.807, 2.05) is 0 Å². The van der Waals surface area contributed by atoms with Crippen LogP contribution in [-0.4, -0.2) is 9.55 Å². The molecule has 10 aromatic carbocycles. The summed E-state index contributed by atoms with van der Waals surface area (Å²) < 4.78 is 9.77. The van der Waals surface area contributed by atoms with E-state index < -0.39 is 0 Å². The van der Waals surface area contributed by atoms with Crippen molar-refractivity contribution >= 4 is 87.0 Å². The van der Waals surface area contributed by atoms with Gasteiger partial charge in [0.05, 0.1) is 22.2 Å². The van der Waals surface area contributed by atoms with Gasteiger partial charge in [0.2, 0.25) is 0 Å². The van der Waals surface area contributed by atoms with E-state index in [9.17, 15) is 0 Å². The average molecular weight is 763 g/mol. The number of hydrogen-bond donors (Lipinski definition) is 0. The Morgan fingerprint density at radius 3 is 1.70 bits per heavy atom. The molecule has 60 heavy (non-hydrogen) atoms. The highest BCUT2D eigenvalue weighted by Gasteiger charge is 2.24. The number of furan rings is 1. The van der Waals surface area contributed by atoms with E-state index in [1.54, 1.807) is 0 Å². The molecule has 3 aromatic heterocycles. The molecule has 0 radical (unpaired) electrons. The van der Waals surface area contributed by atoms with Gasteiger partial charge in [-0.25, -0.2) is 4.98 Å². The molecule has 0 saturated carbocycles. The molecular weight excluding hydrogens is 729 g/mol. The normalized spacial score (nSPS) is 12.0. The zero-order valence-electron chi connectivity index (χ0n) is 32.4. The van der Waals surface area contributed by atoms with E-state index in [0.717, 1.165) is 77.2 Å². The summed E-state index contributed by atoms with van der Waals surface area (Å²) in [6, 6.07) is 74.3. The number of para-hydroxylation sites is 4. The molecule has 0 amide bonds. The van der Waals surface area contributed by atoms with Gasteiger partial charge in [0, 0.05) is 60.1 Å². The van der Waals surface area contributed by atoms with Crippen LogP contribution in [0, 0.1) is 0 Å². The Morgan fingerprint density at radius 2 is 0.917 bits per heavy atom. The number of hydrogen-bond acceptors (Lipinski definition) is 2. The maximum absolute atomic E-state index is 7.36. The molecule has 278 valence electrons. The number of aromatic nitrogens is 2. The minimum absolute atomic E-state index is 0.878. The Balaban J connectivity index is 1.16. The predicted octanol–water partition coefficient (Wildman–Crippen LogP) is 15.7. The molecule has 0 unspecified atom stereocenters. The second-order valence-corrected chi connectivity index (χ2v) is 15.8. The molecule has 0 fully saturated rings. The SMILES string of the molecule is c1ccc(-c2nc3ccccc3c3c2ccc2c4cccc(-c5c(-c6ccc7c8ccccc8n(-c8ccccc8)c7c6)c6ccccc6c6ccccc56)c4oc23)cc1. The molecule has 0 spiro atoms. The Morgan fingerprint density at radius 1 is 0.350 bits per heavy atom. The lowest BCUT2D eigenvalue weighted by molar-refractivity contribution is 0.674. The number of nitrogens with zero attached hydrogens (tertiary/aromatic N) is 2. The van der Waals surface area contributed by atoms with Crippen molar-refractivity contribution in [3.8, 4) is 39.2 Å². The van der Waals surface area contributed by atoms with Gasteiger partial charge in [0.1, 0.15) is 11.2 Å². The first kappa shape index (κ1) is 33.0. The summed E-state index contributed by atoms with van der Waals surface area (Å²) in [7, 11) is 0. The molecule has 0 aliphatic heterocycles. The van der Waals surface area contributed by atoms with Crippen LogP contribution in [0.15, 0.2) is 211 Å². The van der Waals surface area contributed by atoms with Crippen molar-refractivity contribution in [2.75, 3.05) is 0 Å². The van der Waals surface area contributed by atoms with Crippen molar-refractivity contribution in [1.82, 2.24) is 9.55 Å². The third-order valence-electron chi connectivity index (χ3n) is 12.6. The standard InChI is InChI=1S/C57H34N2O/c1-3-16-35(17-4-1)55-47-33-32-45-44-26-15-27-48(56(44)60-57(45)54(47)46-25-11-13-28-49(46)58-55)53-43-24-10-8-21-39(43)38-20-7-9-23-42(38)52(53)36-30-31-41-40-22-12-14-29-50(40)59(51(41)34-36)37-18-5-2-6-19-37/h1-34H. The molecule has 0 atom stereocenters. The highest BCUT2D eigenvalue weighted by Crippen LogP contribution is 2.49. The zero-order valence-corrected chi connectivity index (χ0v) is 32.4. The van der Waals surface area contributed by atoms with E-state index in [-0.39, 0.29) is 0 Å². The van der Waals surface area contributed by atoms with Crippen LogP contribution in [0.25, 0.3) is 126 Å². The topological polar surface area (TPSA) is 31.0 Å². The van der Waals surface area contributed by atoms with E-state index in [0.29, 0.717) is 0 Å². The first-order chi connectivity index (χ1) is 29.8. The van der Waals surface area contributed by atoms with Crippen molar-refractivity contribution in [2.24, 2.45) is 0 Å². The third kappa shape index (κ3) is 4.69. The summed E-state index contributed by atoms with van der Waals surface area (Å²) in [5.41, 5.74) is 12.8. The smallest absolute Gasteiger partial charge is 0.144 e. The van der Waals surface area contributed by atoms with Gasteiger partial charge >= 0.3 is 0 Å². The molecule has 3 nitrogen and oxygen atoms in total. The van der Waals surface area contributed by atoms with Gasteiger partial charge in [-0.2, -0.15) is 0 Å². The summed E-state index contributed by atoms with van der Waals surface area (Å²) in [4.78, 5) is 5.23. The molecule has 0 aliphatic rings. The molecule has 3 heteroatoms. The lowest BCUT2D eigenvalue weighted by atomic mass is 9.84. The minimum atomic E-state index is 0.878. The maximum Gasteiger partial charge on any atom is 0.144 e. The fourth-order valence-electron chi connectivity index (χ4n) is 10.0. The van der Waals surface area contributed by atoms with E-state index in [4.69, 9.17) is 9.40 Å². The number of fused-ring (bicyclic) bond motifs is 13. The highest BCUT2D eigenvalue weighted by molar-refractivity contribution is 6.28. The lowest BCUT2D eigenvalue weighted by Gasteiger charge is -2.19. The Bertz CT molecular complexity index is 3880. The first-order valence-corrected chi connectivity index (χ1v) is 20.5. The largest absolute Gasteiger partial charge is 0.455 e. The quantitative estimate of drug-likeness (QED) is 0.167. The van der Waals surface area contributed by atoms with Crippen molar-refractivity contribution in [2.45, 2.75) is 0 Å². The van der Waals surface area contributed by atoms with E-state index in [1.165, 1.54) is 48.9 Å². The fourth-order valence-corrected chi connectivity index (χ4v) is 10.0. The maximum atomic E-state index is 7.36. The van der Waals surface area contributed by atoms with Crippen molar-refractivity contribution in [3.05, 3.63) is 206 Å².